The van der Waals surface area contributed by atoms with Crippen LogP contribution < -0.4 is 5.32 Å². The van der Waals surface area contributed by atoms with E-state index in [0.29, 0.717) is 6.61 Å². The summed E-state index contributed by atoms with van der Waals surface area (Å²) in [6, 6.07) is 0. The van der Waals surface area contributed by atoms with Crippen molar-refractivity contribution < 1.29 is 9.53 Å². The van der Waals surface area contributed by atoms with Crippen molar-refractivity contribution in [1.29, 1.82) is 0 Å². The van der Waals surface area contributed by atoms with Crippen LogP contribution in [0.3, 0.4) is 0 Å². The van der Waals surface area contributed by atoms with Crippen molar-refractivity contribution in [3.63, 3.8) is 0 Å². The fourth-order valence-corrected chi connectivity index (χ4v) is 2.81. The van der Waals surface area contributed by atoms with E-state index < -0.39 is 0 Å². The Morgan fingerprint density at radius 1 is 1.47 bits per heavy atom. The quantitative estimate of drug-likeness (QED) is 0.724. The molecule has 0 radical (unpaired) electrons. The normalized spacial score (nSPS) is 29.0. The molecule has 17 heavy (non-hydrogen) atoms. The summed E-state index contributed by atoms with van der Waals surface area (Å²) in [7, 11) is 0. The number of rotatable bonds is 6. The van der Waals surface area contributed by atoms with Crippen LogP contribution in [0, 0.1) is 11.3 Å². The van der Waals surface area contributed by atoms with Gasteiger partial charge in [0.25, 0.3) is 0 Å². The van der Waals surface area contributed by atoms with Crippen molar-refractivity contribution in [1.82, 2.24) is 5.32 Å². The molecule has 1 aliphatic carbocycles. The molecule has 2 aliphatic rings. The molecule has 2 fully saturated rings. The first kappa shape index (κ1) is 12.9. The van der Waals surface area contributed by atoms with Crippen molar-refractivity contribution in [2.45, 2.75) is 51.9 Å². The van der Waals surface area contributed by atoms with Gasteiger partial charge in [-0.05, 0) is 38.1 Å². The molecule has 3 heteroatoms. The molecule has 0 aromatic heterocycles. The predicted octanol–water partition coefficient (Wildman–Crippen LogP) is 2.50. The van der Waals surface area contributed by atoms with Crippen LogP contribution in [0.25, 0.3) is 0 Å². The molecule has 3 nitrogen and oxygen atoms in total. The largest absolute Gasteiger partial charge is 0.465 e. The number of hydrogen-bond donors (Lipinski definition) is 1. The second-order valence-corrected chi connectivity index (χ2v) is 5.68. The highest BCUT2D eigenvalue weighted by Crippen LogP contribution is 2.35. The third kappa shape index (κ3) is 3.44. The molecule has 1 heterocycles. The topological polar surface area (TPSA) is 38.3 Å². The maximum Gasteiger partial charge on any atom is 0.313 e. The number of carbonyl (C=O) groups excluding carboxylic acids is 1. The summed E-state index contributed by atoms with van der Waals surface area (Å²) in [5.41, 5.74) is -0.226. The molecule has 0 bridgehead atoms. The highest BCUT2D eigenvalue weighted by atomic mass is 16.5. The number of carbonyl (C=O) groups is 1. The van der Waals surface area contributed by atoms with Gasteiger partial charge in [0.1, 0.15) is 0 Å². The van der Waals surface area contributed by atoms with Gasteiger partial charge in [0, 0.05) is 6.54 Å². The molecule has 0 aromatic rings. The maximum absolute atomic E-state index is 12.2. The van der Waals surface area contributed by atoms with E-state index in [2.05, 4.69) is 12.2 Å². The van der Waals surface area contributed by atoms with E-state index in [1.807, 2.05) is 0 Å². The summed E-state index contributed by atoms with van der Waals surface area (Å²) < 4.78 is 5.51. The van der Waals surface area contributed by atoms with E-state index in [9.17, 15) is 4.79 Å². The van der Waals surface area contributed by atoms with Gasteiger partial charge >= 0.3 is 5.97 Å². The van der Waals surface area contributed by atoms with Gasteiger partial charge in [-0.15, -0.1) is 0 Å². The number of piperidine rings is 1. The van der Waals surface area contributed by atoms with Crippen molar-refractivity contribution in [3.8, 4) is 0 Å². The molecule has 0 aromatic carbocycles. The van der Waals surface area contributed by atoms with Crippen molar-refractivity contribution in [2.75, 3.05) is 19.7 Å². The fourth-order valence-electron chi connectivity index (χ4n) is 2.81. The number of ether oxygens (including phenoxy) is 1. The van der Waals surface area contributed by atoms with Crippen LogP contribution in [0.4, 0.5) is 0 Å². The van der Waals surface area contributed by atoms with Crippen LogP contribution >= 0.6 is 0 Å². The Labute approximate surface area is 104 Å². The van der Waals surface area contributed by atoms with E-state index in [1.54, 1.807) is 0 Å². The van der Waals surface area contributed by atoms with E-state index in [4.69, 9.17) is 4.74 Å². The molecular weight excluding hydrogens is 214 g/mol. The lowest BCUT2D eigenvalue weighted by Crippen LogP contribution is -2.46. The molecule has 0 amide bonds. The lowest BCUT2D eigenvalue weighted by atomic mass is 9.77. The second kappa shape index (κ2) is 5.85. The first-order valence-electron chi connectivity index (χ1n) is 7.15. The van der Waals surface area contributed by atoms with E-state index in [0.717, 1.165) is 51.1 Å². The molecular formula is C14H25NO2. The lowest BCUT2D eigenvalue weighted by molar-refractivity contribution is -0.158. The van der Waals surface area contributed by atoms with Crippen LogP contribution in [0.15, 0.2) is 0 Å². The zero-order chi connectivity index (χ0) is 12.1. The SMILES string of the molecule is CCCC1(C(=O)OCCC2CC2)CCCNC1. The summed E-state index contributed by atoms with van der Waals surface area (Å²) in [4.78, 5) is 12.2. The minimum Gasteiger partial charge on any atom is -0.465 e. The number of nitrogens with one attached hydrogen (secondary N) is 1. The summed E-state index contributed by atoms with van der Waals surface area (Å²) in [5.74, 6) is 0.890. The molecule has 98 valence electrons. The number of hydrogen-bond acceptors (Lipinski definition) is 3. The first-order valence-corrected chi connectivity index (χ1v) is 7.15. The number of esters is 1. The van der Waals surface area contributed by atoms with Gasteiger partial charge < -0.3 is 10.1 Å². The predicted molar refractivity (Wildman–Crippen MR) is 67.7 cm³/mol. The summed E-state index contributed by atoms with van der Waals surface area (Å²) >= 11 is 0. The Morgan fingerprint density at radius 3 is 2.88 bits per heavy atom. The second-order valence-electron chi connectivity index (χ2n) is 5.68. The van der Waals surface area contributed by atoms with Gasteiger partial charge in [0.15, 0.2) is 0 Å². The van der Waals surface area contributed by atoms with Crippen LogP contribution in [0.5, 0.6) is 0 Å². The van der Waals surface area contributed by atoms with Crippen LogP contribution in [0.1, 0.15) is 51.9 Å². The summed E-state index contributed by atoms with van der Waals surface area (Å²) in [6.07, 6.45) is 7.84. The third-order valence-corrected chi connectivity index (χ3v) is 4.09. The summed E-state index contributed by atoms with van der Waals surface area (Å²) in [5, 5.41) is 3.35. The Balaban J connectivity index is 1.82. The standard InChI is InChI=1S/C14H25NO2/c1-2-7-14(8-3-9-15-11-14)13(16)17-10-6-12-4-5-12/h12,15H,2-11H2,1H3. The Morgan fingerprint density at radius 2 is 2.29 bits per heavy atom. The van der Waals surface area contributed by atoms with Crippen LogP contribution in [0.2, 0.25) is 0 Å². The molecule has 1 N–H and O–H groups in total. The van der Waals surface area contributed by atoms with E-state index in [1.165, 1.54) is 12.8 Å². The highest BCUT2D eigenvalue weighted by Gasteiger charge is 2.40. The monoisotopic (exact) mass is 239 g/mol. The Bertz CT molecular complexity index is 249. The minimum atomic E-state index is -0.226. The average Bonchev–Trinajstić information content (AvgIpc) is 3.14. The maximum atomic E-state index is 12.2. The van der Waals surface area contributed by atoms with Gasteiger partial charge in [-0.1, -0.05) is 26.2 Å². The van der Waals surface area contributed by atoms with Crippen LogP contribution in [-0.2, 0) is 9.53 Å². The molecule has 1 saturated heterocycles. The van der Waals surface area contributed by atoms with Crippen molar-refractivity contribution in [2.24, 2.45) is 11.3 Å². The molecule has 2 rings (SSSR count). The van der Waals surface area contributed by atoms with Crippen molar-refractivity contribution >= 4 is 5.97 Å². The average molecular weight is 239 g/mol. The molecule has 1 aliphatic heterocycles. The van der Waals surface area contributed by atoms with E-state index >= 15 is 0 Å². The van der Waals surface area contributed by atoms with Gasteiger partial charge in [-0.3, -0.25) is 4.79 Å². The van der Waals surface area contributed by atoms with Gasteiger partial charge in [-0.2, -0.15) is 0 Å². The fraction of sp³-hybridized carbons (Fsp3) is 0.929. The van der Waals surface area contributed by atoms with Gasteiger partial charge in [0.05, 0.1) is 12.0 Å². The van der Waals surface area contributed by atoms with Gasteiger partial charge in [-0.25, -0.2) is 0 Å². The smallest absolute Gasteiger partial charge is 0.313 e. The molecule has 1 unspecified atom stereocenters. The van der Waals surface area contributed by atoms with Crippen molar-refractivity contribution in [3.05, 3.63) is 0 Å². The molecule has 0 spiro atoms. The van der Waals surface area contributed by atoms with Gasteiger partial charge in [0.2, 0.25) is 0 Å². The Hall–Kier alpha value is -0.570. The molecule has 1 saturated carbocycles. The molecule has 1 atom stereocenters. The zero-order valence-corrected chi connectivity index (χ0v) is 11.0. The lowest BCUT2D eigenvalue weighted by Gasteiger charge is -2.35. The third-order valence-electron chi connectivity index (χ3n) is 4.09. The minimum absolute atomic E-state index is 0.0483. The zero-order valence-electron chi connectivity index (χ0n) is 11.0. The highest BCUT2D eigenvalue weighted by molar-refractivity contribution is 5.77. The summed E-state index contributed by atoms with van der Waals surface area (Å²) in [6.45, 7) is 4.63. The van der Waals surface area contributed by atoms with E-state index in [-0.39, 0.29) is 11.4 Å². The van der Waals surface area contributed by atoms with Crippen LogP contribution in [-0.4, -0.2) is 25.7 Å². The first-order chi connectivity index (χ1) is 8.27. The Kier molecular flexibility index (Phi) is 4.43.